The van der Waals surface area contributed by atoms with Crippen molar-refractivity contribution in [2.24, 2.45) is 0 Å². The van der Waals surface area contributed by atoms with E-state index in [1.165, 1.54) is 6.07 Å². The van der Waals surface area contributed by atoms with E-state index in [1.54, 1.807) is 6.07 Å². The molecule has 114 valence electrons. The van der Waals surface area contributed by atoms with Gasteiger partial charge in [0.1, 0.15) is 5.82 Å². The van der Waals surface area contributed by atoms with Crippen LogP contribution in [-0.4, -0.2) is 9.78 Å². The van der Waals surface area contributed by atoms with Gasteiger partial charge in [0, 0.05) is 11.3 Å². The van der Waals surface area contributed by atoms with E-state index in [2.05, 4.69) is 18.9 Å². The van der Waals surface area contributed by atoms with Crippen LogP contribution in [0.25, 0.3) is 0 Å². The van der Waals surface area contributed by atoms with Crippen LogP contribution in [0.2, 0.25) is 5.02 Å². The Balaban J connectivity index is 2.47. The highest BCUT2D eigenvalue weighted by Crippen LogP contribution is 2.29. The molecule has 2 rings (SSSR count). The van der Waals surface area contributed by atoms with E-state index in [-0.39, 0.29) is 10.4 Å². The van der Waals surface area contributed by atoms with Crippen molar-refractivity contribution in [1.29, 1.82) is 0 Å². The molecule has 2 nitrogen and oxygen atoms in total. The largest absolute Gasteiger partial charge is 0.265 e. The highest BCUT2D eigenvalue weighted by molar-refractivity contribution is 6.31. The zero-order chi connectivity index (χ0) is 15.6. The lowest BCUT2D eigenvalue weighted by atomic mass is 10.1. The van der Waals surface area contributed by atoms with Crippen LogP contribution in [0.4, 0.5) is 4.39 Å². The normalized spacial score (nSPS) is 12.7. The van der Waals surface area contributed by atoms with Crippen LogP contribution in [0.3, 0.4) is 0 Å². The molecule has 1 heterocycles. The fraction of sp³-hybridized carbons (Fsp3) is 0.438. The van der Waals surface area contributed by atoms with Gasteiger partial charge in [-0.3, -0.25) is 4.68 Å². The summed E-state index contributed by atoms with van der Waals surface area (Å²) in [6.45, 7) is 6.54. The van der Waals surface area contributed by atoms with Crippen LogP contribution in [-0.2, 0) is 19.4 Å². The molecule has 0 aliphatic heterocycles. The van der Waals surface area contributed by atoms with Gasteiger partial charge >= 0.3 is 0 Å². The molecule has 0 bridgehead atoms. The van der Waals surface area contributed by atoms with Crippen LogP contribution in [0, 0.1) is 5.82 Å². The molecule has 0 saturated carbocycles. The third kappa shape index (κ3) is 3.24. The van der Waals surface area contributed by atoms with Crippen LogP contribution < -0.4 is 0 Å². The van der Waals surface area contributed by atoms with Gasteiger partial charge in [0.15, 0.2) is 0 Å². The number of rotatable bonds is 5. The van der Waals surface area contributed by atoms with Crippen molar-refractivity contribution < 1.29 is 4.39 Å². The van der Waals surface area contributed by atoms with Crippen molar-refractivity contribution in [2.75, 3.05) is 0 Å². The molecule has 1 atom stereocenters. The zero-order valence-corrected chi connectivity index (χ0v) is 14.0. The Morgan fingerprint density at radius 1 is 1.29 bits per heavy atom. The van der Waals surface area contributed by atoms with Crippen molar-refractivity contribution >= 4 is 23.2 Å². The number of nitrogens with zero attached hydrogens (tertiary/aromatic N) is 2. The minimum Gasteiger partial charge on any atom is -0.265 e. The summed E-state index contributed by atoms with van der Waals surface area (Å²) < 4.78 is 15.5. The van der Waals surface area contributed by atoms with E-state index in [0.717, 1.165) is 35.4 Å². The lowest BCUT2D eigenvalue weighted by molar-refractivity contribution is 0.611. The summed E-state index contributed by atoms with van der Waals surface area (Å²) in [7, 11) is 0. The maximum atomic E-state index is 13.6. The average molecular weight is 329 g/mol. The lowest BCUT2D eigenvalue weighted by Gasteiger charge is -2.10. The van der Waals surface area contributed by atoms with E-state index in [4.69, 9.17) is 23.2 Å². The Bertz CT molecular complexity index is 635. The third-order valence-corrected chi connectivity index (χ3v) is 4.24. The molecular formula is C16H19Cl2FN2. The summed E-state index contributed by atoms with van der Waals surface area (Å²) >= 11 is 12.3. The van der Waals surface area contributed by atoms with E-state index in [9.17, 15) is 4.39 Å². The monoisotopic (exact) mass is 328 g/mol. The first-order valence-corrected chi connectivity index (χ1v) is 7.96. The van der Waals surface area contributed by atoms with E-state index >= 15 is 0 Å². The summed E-state index contributed by atoms with van der Waals surface area (Å²) in [4.78, 5) is 0. The standard InChI is InChI=1S/C16H19Cl2FN2/c1-4-13-15(10(3)17)14(5-2)21(20-13)9-11-7-6-8-12(19)16(11)18/h6-8,10H,4-5,9H2,1-3H3. The molecule has 21 heavy (non-hydrogen) atoms. The van der Waals surface area contributed by atoms with Crippen molar-refractivity contribution in [3.8, 4) is 0 Å². The fourth-order valence-corrected chi connectivity index (χ4v) is 3.06. The topological polar surface area (TPSA) is 17.8 Å². The van der Waals surface area contributed by atoms with Gasteiger partial charge in [-0.2, -0.15) is 5.10 Å². The second-order valence-corrected chi connectivity index (χ2v) is 6.03. The van der Waals surface area contributed by atoms with Crippen molar-refractivity contribution in [3.63, 3.8) is 0 Å². The summed E-state index contributed by atoms with van der Waals surface area (Å²) in [6, 6.07) is 4.85. The fourth-order valence-electron chi connectivity index (χ4n) is 2.62. The number of aryl methyl sites for hydroxylation is 1. The number of benzene rings is 1. The summed E-state index contributed by atoms with van der Waals surface area (Å²) in [5, 5.41) is 4.71. The maximum Gasteiger partial charge on any atom is 0.142 e. The van der Waals surface area contributed by atoms with Gasteiger partial charge < -0.3 is 0 Å². The molecule has 0 spiro atoms. The molecule has 1 aromatic heterocycles. The first-order valence-electron chi connectivity index (χ1n) is 7.14. The van der Waals surface area contributed by atoms with Crippen LogP contribution in [0.5, 0.6) is 0 Å². The number of hydrogen-bond donors (Lipinski definition) is 0. The van der Waals surface area contributed by atoms with Crippen LogP contribution in [0.1, 0.15) is 48.7 Å². The molecule has 0 amide bonds. The number of hydrogen-bond acceptors (Lipinski definition) is 1. The van der Waals surface area contributed by atoms with Gasteiger partial charge in [-0.05, 0) is 31.4 Å². The second kappa shape index (κ2) is 6.80. The Morgan fingerprint density at radius 3 is 2.57 bits per heavy atom. The summed E-state index contributed by atoms with van der Waals surface area (Å²) in [5.74, 6) is -0.402. The van der Waals surface area contributed by atoms with Crippen molar-refractivity contribution in [1.82, 2.24) is 9.78 Å². The molecular weight excluding hydrogens is 310 g/mol. The molecule has 0 radical (unpaired) electrons. The molecule has 0 saturated heterocycles. The average Bonchev–Trinajstić information content (AvgIpc) is 2.81. The highest BCUT2D eigenvalue weighted by atomic mass is 35.5. The van der Waals surface area contributed by atoms with E-state index in [1.807, 2.05) is 17.7 Å². The number of halogens is 3. The lowest BCUT2D eigenvalue weighted by Crippen LogP contribution is -2.07. The smallest absolute Gasteiger partial charge is 0.142 e. The van der Waals surface area contributed by atoms with Gasteiger partial charge in [-0.15, -0.1) is 11.6 Å². The molecule has 2 aromatic rings. The summed E-state index contributed by atoms with van der Waals surface area (Å²) in [6.07, 6.45) is 1.65. The Labute approximate surface area is 134 Å². The number of alkyl halides is 1. The Kier molecular flexibility index (Phi) is 5.28. The third-order valence-electron chi connectivity index (χ3n) is 3.59. The molecule has 1 aromatic carbocycles. The van der Waals surface area contributed by atoms with Crippen LogP contribution in [0.15, 0.2) is 18.2 Å². The SMILES string of the molecule is CCc1nn(Cc2cccc(F)c2Cl)c(CC)c1C(C)Cl. The molecule has 0 aliphatic rings. The number of aromatic nitrogens is 2. The summed E-state index contributed by atoms with van der Waals surface area (Å²) in [5.41, 5.74) is 3.91. The minimum atomic E-state index is -0.402. The van der Waals surface area contributed by atoms with Gasteiger partial charge in [-0.25, -0.2) is 4.39 Å². The molecule has 0 aliphatic carbocycles. The molecule has 5 heteroatoms. The second-order valence-electron chi connectivity index (χ2n) is 5.00. The van der Waals surface area contributed by atoms with Crippen molar-refractivity contribution in [3.05, 3.63) is 51.6 Å². The van der Waals surface area contributed by atoms with Gasteiger partial charge in [0.05, 0.1) is 22.6 Å². The molecule has 0 N–H and O–H groups in total. The van der Waals surface area contributed by atoms with Gasteiger partial charge in [0.25, 0.3) is 0 Å². The predicted molar refractivity (Wildman–Crippen MR) is 85.8 cm³/mol. The quantitative estimate of drug-likeness (QED) is 0.694. The van der Waals surface area contributed by atoms with Crippen molar-refractivity contribution in [2.45, 2.75) is 45.5 Å². The van der Waals surface area contributed by atoms with E-state index < -0.39 is 5.82 Å². The van der Waals surface area contributed by atoms with Gasteiger partial charge in [0.2, 0.25) is 0 Å². The van der Waals surface area contributed by atoms with E-state index in [0.29, 0.717) is 6.54 Å². The van der Waals surface area contributed by atoms with Crippen LogP contribution >= 0.6 is 23.2 Å². The predicted octanol–water partition coefficient (Wildman–Crippen LogP) is 5.15. The Hall–Kier alpha value is -1.06. The highest BCUT2D eigenvalue weighted by Gasteiger charge is 2.20. The molecule has 1 unspecified atom stereocenters. The Morgan fingerprint density at radius 2 is 2.00 bits per heavy atom. The zero-order valence-electron chi connectivity index (χ0n) is 12.5. The first kappa shape index (κ1) is 16.3. The molecule has 0 fully saturated rings. The van der Waals surface area contributed by atoms with Gasteiger partial charge in [-0.1, -0.05) is 37.6 Å². The first-order chi connectivity index (χ1) is 9.99. The minimum absolute atomic E-state index is 0.0911. The maximum absolute atomic E-state index is 13.6.